The maximum absolute atomic E-state index is 12.2. The summed E-state index contributed by atoms with van der Waals surface area (Å²) in [7, 11) is 0. The summed E-state index contributed by atoms with van der Waals surface area (Å²) in [5, 5.41) is 2.82. The number of hydrogen-bond donors (Lipinski definition) is 1. The minimum atomic E-state index is -0.244. The van der Waals surface area contributed by atoms with Crippen LogP contribution in [0.15, 0.2) is 0 Å². The topological polar surface area (TPSA) is 49.4 Å². The Morgan fingerprint density at radius 3 is 3.06 bits per heavy atom. The number of rotatable bonds is 2. The van der Waals surface area contributed by atoms with Crippen LogP contribution in [0.3, 0.4) is 0 Å². The normalized spacial score (nSPS) is 30.3. The summed E-state index contributed by atoms with van der Waals surface area (Å²) < 4.78 is 0. The van der Waals surface area contributed by atoms with Gasteiger partial charge in [-0.15, -0.1) is 0 Å². The molecule has 90 valence electrons. The highest BCUT2D eigenvalue weighted by molar-refractivity contribution is 7.99. The molecule has 0 radical (unpaired) electrons. The molecule has 5 heteroatoms. The third-order valence-electron chi connectivity index (χ3n) is 3.28. The molecule has 2 saturated heterocycles. The predicted octanol–water partition coefficient (Wildman–Crippen LogP) is 0.476. The van der Waals surface area contributed by atoms with E-state index in [1.165, 1.54) is 0 Å². The van der Waals surface area contributed by atoms with Crippen molar-refractivity contribution in [3.8, 4) is 0 Å². The fraction of sp³-hybridized carbons (Fsp3) is 0.818. The van der Waals surface area contributed by atoms with Gasteiger partial charge in [-0.25, -0.2) is 0 Å². The highest BCUT2D eigenvalue weighted by Gasteiger charge is 2.35. The van der Waals surface area contributed by atoms with E-state index < -0.39 is 0 Å². The van der Waals surface area contributed by atoms with Crippen molar-refractivity contribution in [2.45, 2.75) is 25.8 Å². The number of carbonyl (C=O) groups excluding carboxylic acids is 2. The number of nitrogens with one attached hydrogen (secondary N) is 1. The zero-order valence-corrected chi connectivity index (χ0v) is 10.4. The van der Waals surface area contributed by atoms with Crippen LogP contribution in [0.2, 0.25) is 0 Å². The molecule has 16 heavy (non-hydrogen) atoms. The molecule has 0 saturated carbocycles. The molecule has 1 N–H and O–H groups in total. The first kappa shape index (κ1) is 11.8. The fourth-order valence-corrected chi connectivity index (χ4v) is 3.56. The molecule has 4 nitrogen and oxygen atoms in total. The van der Waals surface area contributed by atoms with Crippen molar-refractivity contribution in [1.82, 2.24) is 10.2 Å². The van der Waals surface area contributed by atoms with Gasteiger partial charge >= 0.3 is 0 Å². The number of carbonyl (C=O) groups is 2. The average Bonchev–Trinajstić information content (AvgIpc) is 2.81. The smallest absolute Gasteiger partial charge is 0.242 e. The molecule has 2 amide bonds. The lowest BCUT2D eigenvalue weighted by molar-refractivity contribution is -0.145. The van der Waals surface area contributed by atoms with Crippen molar-refractivity contribution in [2.75, 3.05) is 24.6 Å². The van der Waals surface area contributed by atoms with Crippen LogP contribution in [0.25, 0.3) is 0 Å². The van der Waals surface area contributed by atoms with Gasteiger partial charge in [-0.3, -0.25) is 9.59 Å². The van der Waals surface area contributed by atoms with Gasteiger partial charge in [0.25, 0.3) is 0 Å². The molecule has 2 aliphatic rings. The summed E-state index contributed by atoms with van der Waals surface area (Å²) in [5.41, 5.74) is 0. The van der Waals surface area contributed by atoms with Gasteiger partial charge in [-0.1, -0.05) is 6.92 Å². The second kappa shape index (κ2) is 5.08. The maximum atomic E-state index is 12.2. The van der Waals surface area contributed by atoms with Crippen molar-refractivity contribution in [1.29, 1.82) is 0 Å². The maximum Gasteiger partial charge on any atom is 0.242 e. The molecule has 2 atom stereocenters. The summed E-state index contributed by atoms with van der Waals surface area (Å²) in [5.74, 6) is 2.34. The zero-order chi connectivity index (χ0) is 11.5. The number of nitrogens with zero attached hydrogens (tertiary/aromatic N) is 1. The first-order chi connectivity index (χ1) is 7.74. The Morgan fingerprint density at radius 2 is 2.44 bits per heavy atom. The molecule has 0 aliphatic carbocycles. The zero-order valence-electron chi connectivity index (χ0n) is 9.57. The summed E-state index contributed by atoms with van der Waals surface area (Å²) >= 11 is 1.84. The minimum Gasteiger partial charge on any atom is -0.353 e. The van der Waals surface area contributed by atoms with Crippen LogP contribution in [0, 0.1) is 5.92 Å². The lowest BCUT2D eigenvalue weighted by atomic mass is 10.0. The Hall–Kier alpha value is -0.710. The highest BCUT2D eigenvalue weighted by atomic mass is 32.2. The van der Waals surface area contributed by atoms with Crippen molar-refractivity contribution in [3.05, 3.63) is 0 Å². The monoisotopic (exact) mass is 242 g/mol. The van der Waals surface area contributed by atoms with Crippen LogP contribution in [0.5, 0.6) is 0 Å². The van der Waals surface area contributed by atoms with Crippen molar-refractivity contribution >= 4 is 23.6 Å². The lowest BCUT2D eigenvalue weighted by Crippen LogP contribution is -2.58. The second-order valence-electron chi connectivity index (χ2n) is 4.31. The van der Waals surface area contributed by atoms with E-state index in [0.717, 1.165) is 17.9 Å². The standard InChI is InChI=1S/C11H18N2O2S/c1-2-9-10(14)12-4-5-13(9)11(15)8-3-6-16-7-8/h8-9H,2-7H2,1H3,(H,12,14). The molecular weight excluding hydrogens is 224 g/mol. The molecule has 2 unspecified atom stereocenters. The van der Waals surface area contributed by atoms with Gasteiger partial charge in [0, 0.05) is 24.8 Å². The van der Waals surface area contributed by atoms with Crippen LogP contribution in [-0.4, -0.2) is 47.4 Å². The van der Waals surface area contributed by atoms with Crippen LogP contribution in [0.4, 0.5) is 0 Å². The summed E-state index contributed by atoms with van der Waals surface area (Å²) in [6, 6.07) is -0.244. The average molecular weight is 242 g/mol. The second-order valence-corrected chi connectivity index (χ2v) is 5.46. The predicted molar refractivity (Wildman–Crippen MR) is 64.2 cm³/mol. The van der Waals surface area contributed by atoms with Crippen molar-refractivity contribution < 1.29 is 9.59 Å². The molecule has 0 aromatic heterocycles. The Morgan fingerprint density at radius 1 is 1.62 bits per heavy atom. The van der Waals surface area contributed by atoms with Gasteiger partial charge < -0.3 is 10.2 Å². The number of hydrogen-bond acceptors (Lipinski definition) is 3. The Kier molecular flexibility index (Phi) is 3.74. The molecule has 2 fully saturated rings. The first-order valence-corrected chi connectivity index (χ1v) is 7.05. The van der Waals surface area contributed by atoms with E-state index in [1.54, 1.807) is 4.90 Å². The van der Waals surface area contributed by atoms with Crippen LogP contribution < -0.4 is 5.32 Å². The first-order valence-electron chi connectivity index (χ1n) is 5.90. The number of thioether (sulfide) groups is 1. The lowest BCUT2D eigenvalue weighted by Gasteiger charge is -2.36. The molecule has 2 aliphatic heterocycles. The van der Waals surface area contributed by atoms with Crippen LogP contribution in [-0.2, 0) is 9.59 Å². The Labute approximate surface area is 100 Å². The third kappa shape index (κ3) is 2.19. The molecule has 0 bridgehead atoms. The minimum absolute atomic E-state index is 0.00718. The number of piperazine rings is 1. The van der Waals surface area contributed by atoms with E-state index >= 15 is 0 Å². The van der Waals surface area contributed by atoms with E-state index in [1.807, 2.05) is 18.7 Å². The fourth-order valence-electron chi connectivity index (χ4n) is 2.35. The van der Waals surface area contributed by atoms with Gasteiger partial charge in [-0.05, 0) is 18.6 Å². The van der Waals surface area contributed by atoms with Crippen LogP contribution in [0.1, 0.15) is 19.8 Å². The van der Waals surface area contributed by atoms with Crippen LogP contribution >= 0.6 is 11.8 Å². The van der Waals surface area contributed by atoms with E-state index in [0.29, 0.717) is 19.5 Å². The van der Waals surface area contributed by atoms with Gasteiger partial charge in [0.1, 0.15) is 6.04 Å². The van der Waals surface area contributed by atoms with Gasteiger partial charge in [0.05, 0.1) is 0 Å². The molecule has 2 heterocycles. The third-order valence-corrected chi connectivity index (χ3v) is 4.44. The highest BCUT2D eigenvalue weighted by Crippen LogP contribution is 2.26. The SMILES string of the molecule is CCC1C(=O)NCCN1C(=O)C1CCSC1. The molecule has 2 rings (SSSR count). The van der Waals surface area contributed by atoms with E-state index in [-0.39, 0.29) is 23.8 Å². The Bertz CT molecular complexity index is 290. The molecule has 0 spiro atoms. The van der Waals surface area contributed by atoms with Gasteiger partial charge in [-0.2, -0.15) is 11.8 Å². The van der Waals surface area contributed by atoms with Crippen molar-refractivity contribution in [3.63, 3.8) is 0 Å². The quantitative estimate of drug-likeness (QED) is 0.766. The molecule has 0 aromatic carbocycles. The van der Waals surface area contributed by atoms with Gasteiger partial charge in [0.15, 0.2) is 0 Å². The van der Waals surface area contributed by atoms with E-state index in [2.05, 4.69) is 5.32 Å². The largest absolute Gasteiger partial charge is 0.353 e. The summed E-state index contributed by atoms with van der Waals surface area (Å²) in [6.07, 6.45) is 1.68. The molecule has 0 aromatic rings. The van der Waals surface area contributed by atoms with Gasteiger partial charge in [0.2, 0.25) is 11.8 Å². The Balaban J connectivity index is 2.05. The summed E-state index contributed by atoms with van der Waals surface area (Å²) in [6.45, 7) is 3.23. The summed E-state index contributed by atoms with van der Waals surface area (Å²) in [4.78, 5) is 25.7. The molecular formula is C11H18N2O2S. The van der Waals surface area contributed by atoms with E-state index in [4.69, 9.17) is 0 Å². The van der Waals surface area contributed by atoms with E-state index in [9.17, 15) is 9.59 Å². The number of amides is 2. The van der Waals surface area contributed by atoms with Crippen molar-refractivity contribution in [2.24, 2.45) is 5.92 Å².